The van der Waals surface area contributed by atoms with Crippen LogP contribution in [0.25, 0.3) is 0 Å². The van der Waals surface area contributed by atoms with E-state index < -0.39 is 5.54 Å². The van der Waals surface area contributed by atoms with Crippen molar-refractivity contribution >= 4 is 6.21 Å². The molecule has 0 saturated heterocycles. The van der Waals surface area contributed by atoms with Gasteiger partial charge in [-0.25, -0.2) is 4.74 Å². The van der Waals surface area contributed by atoms with Gasteiger partial charge in [0.15, 0.2) is 17.5 Å². The first kappa shape index (κ1) is 18.5. The first-order chi connectivity index (χ1) is 9.64. The summed E-state index contributed by atoms with van der Waals surface area (Å²) >= 11 is 0. The van der Waals surface area contributed by atoms with Crippen LogP contribution in [0.2, 0.25) is 0 Å². The van der Waals surface area contributed by atoms with Gasteiger partial charge >= 0.3 is 0 Å². The van der Waals surface area contributed by atoms with E-state index in [1.54, 1.807) is 6.21 Å². The predicted molar refractivity (Wildman–Crippen MR) is 92.5 cm³/mol. The Morgan fingerprint density at radius 3 is 1.50 bits per heavy atom. The molecule has 22 heavy (non-hydrogen) atoms. The van der Waals surface area contributed by atoms with Crippen LogP contribution in [-0.2, 0) is 15.9 Å². The van der Waals surface area contributed by atoms with E-state index in [-0.39, 0.29) is 16.6 Å². The van der Waals surface area contributed by atoms with Gasteiger partial charge in [-0.2, -0.15) is 0 Å². The number of nitrogens with zero attached hydrogens (tertiary/aromatic N) is 1. The van der Waals surface area contributed by atoms with Crippen LogP contribution >= 0.6 is 0 Å². The third-order valence-electron chi connectivity index (χ3n) is 3.65. The van der Waals surface area contributed by atoms with E-state index in [0.29, 0.717) is 0 Å². The van der Waals surface area contributed by atoms with Gasteiger partial charge in [0.1, 0.15) is 0 Å². The van der Waals surface area contributed by atoms with E-state index >= 15 is 0 Å². The van der Waals surface area contributed by atoms with Gasteiger partial charge in [0.05, 0.1) is 0 Å². The van der Waals surface area contributed by atoms with Gasteiger partial charge in [-0.1, -0.05) is 41.5 Å². The molecule has 0 atom stereocenters. The van der Waals surface area contributed by atoms with E-state index in [0.717, 1.165) is 21.4 Å². The normalized spacial score (nSPS) is 14.3. The molecule has 0 bridgehead atoms. The predicted octanol–water partition coefficient (Wildman–Crippen LogP) is 5.15. The fraction of sp³-hybridized carbons (Fsp3) is 0.632. The molecule has 0 fully saturated rings. The molecular formula is C19H30NO2. The van der Waals surface area contributed by atoms with Crippen molar-refractivity contribution in [2.75, 3.05) is 0 Å². The van der Waals surface area contributed by atoms with E-state index in [1.807, 2.05) is 74.4 Å². The van der Waals surface area contributed by atoms with Crippen LogP contribution in [0, 0.1) is 5.21 Å². The van der Waals surface area contributed by atoms with Gasteiger partial charge in [-0.15, -0.1) is 0 Å². The van der Waals surface area contributed by atoms with Gasteiger partial charge in [0, 0.05) is 37.5 Å². The van der Waals surface area contributed by atoms with Crippen molar-refractivity contribution in [1.29, 1.82) is 0 Å². The maximum atomic E-state index is 12.8. The molecule has 0 aliphatic heterocycles. The van der Waals surface area contributed by atoms with E-state index in [1.165, 1.54) is 0 Å². The van der Waals surface area contributed by atoms with Crippen molar-refractivity contribution in [2.45, 2.75) is 78.7 Å². The van der Waals surface area contributed by atoms with Crippen LogP contribution in [0.4, 0.5) is 0 Å². The number of hydrogen-bond donors (Lipinski definition) is 0. The standard InChI is InChI=1S/C19H30NO2/c1-17(2,3)14-10-13(12-20(22)19(7,8)9)11-15(16(14)21)18(4,5)6/h10-12H,1-9H3/b20-12-. The minimum atomic E-state index is -0.500. The Morgan fingerprint density at radius 2 is 1.23 bits per heavy atom. The highest BCUT2D eigenvalue weighted by Crippen LogP contribution is 2.39. The Hall–Kier alpha value is -1.51. The molecule has 0 aliphatic carbocycles. The van der Waals surface area contributed by atoms with Gasteiger partial charge in [0.2, 0.25) is 0 Å². The summed E-state index contributed by atoms with van der Waals surface area (Å²) in [4.78, 5) is 0. The highest BCUT2D eigenvalue weighted by atomic mass is 16.5. The largest absolute Gasteiger partial charge is 0.623 e. The van der Waals surface area contributed by atoms with Gasteiger partial charge in [-0.05, 0) is 23.0 Å². The molecule has 0 amide bonds. The van der Waals surface area contributed by atoms with E-state index in [2.05, 4.69) is 0 Å². The summed E-state index contributed by atoms with van der Waals surface area (Å²) in [6.45, 7) is 17.8. The van der Waals surface area contributed by atoms with Crippen molar-refractivity contribution in [3.05, 3.63) is 34.0 Å². The molecule has 0 saturated carbocycles. The van der Waals surface area contributed by atoms with Crippen LogP contribution in [-0.4, -0.2) is 16.5 Å². The summed E-state index contributed by atoms with van der Waals surface area (Å²) in [5, 5.41) is 25.0. The second kappa shape index (κ2) is 5.60. The van der Waals surface area contributed by atoms with Gasteiger partial charge in [-0.3, -0.25) is 5.11 Å². The lowest BCUT2D eigenvalue weighted by Gasteiger charge is -2.26. The zero-order valence-corrected chi connectivity index (χ0v) is 15.5. The van der Waals surface area contributed by atoms with E-state index in [4.69, 9.17) is 0 Å². The molecule has 123 valence electrons. The molecule has 1 aromatic carbocycles. The molecule has 0 unspecified atom stereocenters. The Kier molecular flexibility index (Phi) is 4.72. The van der Waals surface area contributed by atoms with Crippen LogP contribution in [0.5, 0.6) is 5.75 Å². The Bertz CT molecular complexity index is 544. The van der Waals surface area contributed by atoms with Crippen molar-refractivity contribution < 1.29 is 9.85 Å². The summed E-state index contributed by atoms with van der Waals surface area (Å²) in [7, 11) is 0. The summed E-state index contributed by atoms with van der Waals surface area (Å²) < 4.78 is 0.950. The number of hydrogen-bond acceptors (Lipinski definition) is 1. The van der Waals surface area contributed by atoms with Crippen LogP contribution in [0.1, 0.15) is 79.0 Å². The number of hydroxylamine groups is 1. The maximum Gasteiger partial charge on any atom is 0.186 e. The van der Waals surface area contributed by atoms with Crippen LogP contribution in [0.15, 0.2) is 12.1 Å². The zero-order valence-electron chi connectivity index (χ0n) is 15.5. The number of rotatable bonds is 1. The fourth-order valence-electron chi connectivity index (χ4n) is 2.17. The Balaban J connectivity index is 3.63. The average Bonchev–Trinajstić information content (AvgIpc) is 2.26. The second-order valence-electron chi connectivity index (χ2n) is 9.07. The molecule has 1 rings (SSSR count). The second-order valence-corrected chi connectivity index (χ2v) is 9.07. The lowest BCUT2D eigenvalue weighted by Crippen LogP contribution is -2.29. The summed E-state index contributed by atoms with van der Waals surface area (Å²) in [6, 6.07) is 3.71. The number of benzene rings is 1. The monoisotopic (exact) mass is 304 g/mol. The molecule has 0 N–H and O–H groups in total. The van der Waals surface area contributed by atoms with E-state index in [9.17, 15) is 10.3 Å². The Labute approximate surface area is 135 Å². The van der Waals surface area contributed by atoms with Crippen molar-refractivity contribution in [2.24, 2.45) is 0 Å². The minimum Gasteiger partial charge on any atom is -0.623 e. The molecule has 0 aliphatic rings. The first-order valence-corrected chi connectivity index (χ1v) is 7.81. The third-order valence-corrected chi connectivity index (χ3v) is 3.65. The molecule has 0 aromatic heterocycles. The highest BCUT2D eigenvalue weighted by Gasteiger charge is 2.28. The van der Waals surface area contributed by atoms with Gasteiger partial charge in [0.25, 0.3) is 0 Å². The molecule has 1 aromatic rings. The SMILES string of the molecule is CC(C)(C)c1cc(/C=[N+](\[O-])C(C)(C)C)cc(C(C)(C)C)c1[O]. The molecule has 0 heterocycles. The summed E-state index contributed by atoms with van der Waals surface area (Å²) in [5.41, 5.74) is 1.30. The van der Waals surface area contributed by atoms with Crippen molar-refractivity contribution in [3.63, 3.8) is 0 Å². The summed E-state index contributed by atoms with van der Waals surface area (Å²) in [5.74, 6) is 0.0883. The molecule has 3 nitrogen and oxygen atoms in total. The summed E-state index contributed by atoms with van der Waals surface area (Å²) in [6.07, 6.45) is 1.59. The quantitative estimate of drug-likeness (QED) is 0.306. The van der Waals surface area contributed by atoms with Crippen LogP contribution < -0.4 is 0 Å². The van der Waals surface area contributed by atoms with Crippen molar-refractivity contribution in [3.8, 4) is 5.75 Å². The maximum absolute atomic E-state index is 12.8. The minimum absolute atomic E-state index is 0.0883. The Morgan fingerprint density at radius 1 is 0.864 bits per heavy atom. The third kappa shape index (κ3) is 4.25. The topological polar surface area (TPSA) is 46.0 Å². The van der Waals surface area contributed by atoms with Crippen LogP contribution in [0.3, 0.4) is 0 Å². The smallest absolute Gasteiger partial charge is 0.186 e. The van der Waals surface area contributed by atoms with Gasteiger partial charge < -0.3 is 5.21 Å². The first-order valence-electron chi connectivity index (χ1n) is 7.81. The lowest BCUT2D eigenvalue weighted by atomic mass is 9.78. The zero-order chi connectivity index (χ0) is 17.5. The molecule has 1 radical (unpaired) electrons. The average molecular weight is 304 g/mol. The molecule has 0 spiro atoms. The lowest BCUT2D eigenvalue weighted by molar-refractivity contribution is -0.530. The van der Waals surface area contributed by atoms with Crippen molar-refractivity contribution in [1.82, 2.24) is 0 Å². The fourth-order valence-corrected chi connectivity index (χ4v) is 2.17. The highest BCUT2D eigenvalue weighted by molar-refractivity contribution is 5.78. The molecule has 3 heteroatoms. The molecular weight excluding hydrogens is 274 g/mol.